The van der Waals surface area contributed by atoms with Gasteiger partial charge in [-0.15, -0.1) is 0 Å². The maximum Gasteiger partial charge on any atom is 0.259 e. The predicted molar refractivity (Wildman–Crippen MR) is 89.1 cm³/mol. The van der Waals surface area contributed by atoms with Crippen LogP contribution in [0.2, 0.25) is 0 Å². The van der Waals surface area contributed by atoms with Crippen LogP contribution in [0.25, 0.3) is 0 Å². The van der Waals surface area contributed by atoms with E-state index in [4.69, 9.17) is 4.74 Å². The summed E-state index contributed by atoms with van der Waals surface area (Å²) in [6.07, 6.45) is 3.63. The van der Waals surface area contributed by atoms with Crippen molar-refractivity contribution in [2.45, 2.75) is 26.4 Å². The Hall–Kier alpha value is -2.63. The van der Waals surface area contributed by atoms with Crippen LogP contribution in [0.3, 0.4) is 0 Å². The lowest BCUT2D eigenvalue weighted by Gasteiger charge is -2.15. The number of hydrogen-bond acceptors (Lipinski definition) is 3. The van der Waals surface area contributed by atoms with Crippen LogP contribution in [0.5, 0.6) is 5.75 Å². The van der Waals surface area contributed by atoms with Crippen LogP contribution in [0.15, 0.2) is 41.3 Å². The third-order valence-electron chi connectivity index (χ3n) is 4.16. The van der Waals surface area contributed by atoms with E-state index in [1.807, 2.05) is 0 Å². The number of alkyl halides is 1. The number of nitrogens with one attached hydrogen (secondary N) is 2. The molecule has 0 aliphatic heterocycles. The van der Waals surface area contributed by atoms with E-state index in [1.54, 1.807) is 24.3 Å². The molecule has 0 saturated heterocycles. The van der Waals surface area contributed by atoms with Crippen LogP contribution < -0.4 is 15.6 Å². The molecule has 0 atom stereocenters. The molecular weight excluding hydrogens is 311 g/mol. The molecule has 1 fully saturated rings. The van der Waals surface area contributed by atoms with Crippen molar-refractivity contribution in [1.82, 2.24) is 4.98 Å². The van der Waals surface area contributed by atoms with Gasteiger partial charge in [0, 0.05) is 23.4 Å². The number of pyridine rings is 1. The van der Waals surface area contributed by atoms with Crippen molar-refractivity contribution in [1.29, 1.82) is 0 Å². The van der Waals surface area contributed by atoms with Gasteiger partial charge in [0.05, 0.1) is 12.2 Å². The van der Waals surface area contributed by atoms with E-state index in [0.717, 1.165) is 12.8 Å². The van der Waals surface area contributed by atoms with Gasteiger partial charge in [-0.1, -0.05) is 13.0 Å². The van der Waals surface area contributed by atoms with E-state index in [1.165, 1.54) is 12.3 Å². The standard InChI is InChI=1S/C18H19FN2O3/c1-18(5-6-18)11-24-15-8-12(10-19)2-3-14(15)17(23)21-13-4-7-20-16(22)9-13/h2-4,7-9H,5-6,10-11H2,1H3,(H2,20,21,22,23). The van der Waals surface area contributed by atoms with Gasteiger partial charge in [-0.3, -0.25) is 9.59 Å². The minimum Gasteiger partial charge on any atom is -0.492 e. The first kappa shape index (κ1) is 16.2. The average Bonchev–Trinajstić information content (AvgIpc) is 3.30. The molecule has 1 amide bonds. The highest BCUT2D eigenvalue weighted by Gasteiger charge is 2.38. The quantitative estimate of drug-likeness (QED) is 0.854. The van der Waals surface area contributed by atoms with E-state index in [-0.39, 0.29) is 11.0 Å². The van der Waals surface area contributed by atoms with Crippen molar-refractivity contribution in [3.8, 4) is 5.75 Å². The van der Waals surface area contributed by atoms with Gasteiger partial charge < -0.3 is 15.0 Å². The van der Waals surface area contributed by atoms with E-state index >= 15 is 0 Å². The van der Waals surface area contributed by atoms with Gasteiger partial charge in [0.1, 0.15) is 12.4 Å². The fourth-order valence-electron chi connectivity index (χ4n) is 2.29. The Labute approximate surface area is 138 Å². The van der Waals surface area contributed by atoms with E-state index in [2.05, 4.69) is 17.2 Å². The summed E-state index contributed by atoms with van der Waals surface area (Å²) in [5.41, 5.74) is 0.999. The Morgan fingerprint density at radius 1 is 1.33 bits per heavy atom. The molecule has 0 spiro atoms. The summed E-state index contributed by atoms with van der Waals surface area (Å²) in [6, 6.07) is 7.53. The summed E-state index contributed by atoms with van der Waals surface area (Å²) in [7, 11) is 0. The van der Waals surface area contributed by atoms with Gasteiger partial charge in [-0.05, 0) is 36.6 Å². The molecule has 6 heteroatoms. The molecular formula is C18H19FN2O3. The summed E-state index contributed by atoms with van der Waals surface area (Å²) >= 11 is 0. The molecule has 2 aromatic rings. The van der Waals surface area contributed by atoms with E-state index in [0.29, 0.717) is 29.2 Å². The predicted octanol–water partition coefficient (Wildman–Crippen LogP) is 3.28. The van der Waals surface area contributed by atoms with Crippen molar-refractivity contribution in [2.24, 2.45) is 5.41 Å². The maximum atomic E-state index is 12.9. The number of anilines is 1. The van der Waals surface area contributed by atoms with Crippen LogP contribution in [0, 0.1) is 5.41 Å². The number of halogens is 1. The highest BCUT2D eigenvalue weighted by atomic mass is 19.1. The van der Waals surface area contributed by atoms with Crippen LogP contribution >= 0.6 is 0 Å². The van der Waals surface area contributed by atoms with Crippen molar-refractivity contribution in [3.63, 3.8) is 0 Å². The van der Waals surface area contributed by atoms with E-state index in [9.17, 15) is 14.0 Å². The molecule has 0 unspecified atom stereocenters. The zero-order valence-corrected chi connectivity index (χ0v) is 13.4. The van der Waals surface area contributed by atoms with Crippen LogP contribution in [-0.2, 0) is 6.67 Å². The summed E-state index contributed by atoms with van der Waals surface area (Å²) in [5.74, 6) is -0.0393. The second-order valence-corrected chi connectivity index (χ2v) is 6.46. The number of H-pyrrole nitrogens is 1. The molecule has 1 aromatic carbocycles. The SMILES string of the molecule is CC1(COc2cc(CF)ccc2C(=O)Nc2cc[nH]c(=O)c2)CC1. The van der Waals surface area contributed by atoms with Gasteiger partial charge in [0.25, 0.3) is 5.91 Å². The Morgan fingerprint density at radius 2 is 2.12 bits per heavy atom. The van der Waals surface area contributed by atoms with Crippen LogP contribution in [-0.4, -0.2) is 17.5 Å². The highest BCUT2D eigenvalue weighted by molar-refractivity contribution is 6.06. The van der Waals surface area contributed by atoms with Gasteiger partial charge in [0.15, 0.2) is 0 Å². The topological polar surface area (TPSA) is 71.2 Å². The monoisotopic (exact) mass is 330 g/mol. The van der Waals surface area contributed by atoms with Crippen molar-refractivity contribution < 1.29 is 13.9 Å². The molecule has 126 valence electrons. The summed E-state index contributed by atoms with van der Waals surface area (Å²) in [4.78, 5) is 26.3. The minimum atomic E-state index is -0.621. The normalized spacial score (nSPS) is 14.9. The number of carbonyl (C=O) groups is 1. The number of aromatic amines is 1. The molecule has 2 N–H and O–H groups in total. The Balaban J connectivity index is 1.82. The molecule has 1 aliphatic carbocycles. The molecule has 0 bridgehead atoms. The molecule has 1 aromatic heterocycles. The van der Waals surface area contributed by atoms with Gasteiger partial charge in [0.2, 0.25) is 5.56 Å². The first-order chi connectivity index (χ1) is 11.5. The maximum absolute atomic E-state index is 12.9. The molecule has 3 rings (SSSR count). The number of carbonyl (C=O) groups excluding carboxylic acids is 1. The van der Waals surface area contributed by atoms with Gasteiger partial charge in [-0.25, -0.2) is 4.39 Å². The zero-order chi connectivity index (χ0) is 17.2. The Bertz CT molecular complexity index is 812. The fraction of sp³-hybridized carbons (Fsp3) is 0.333. The first-order valence-electron chi connectivity index (χ1n) is 7.81. The Morgan fingerprint density at radius 3 is 2.79 bits per heavy atom. The number of hydrogen-bond donors (Lipinski definition) is 2. The zero-order valence-electron chi connectivity index (χ0n) is 13.4. The van der Waals surface area contributed by atoms with Crippen LogP contribution in [0.1, 0.15) is 35.7 Å². The van der Waals surface area contributed by atoms with E-state index < -0.39 is 12.6 Å². The molecule has 24 heavy (non-hydrogen) atoms. The molecule has 1 heterocycles. The lowest BCUT2D eigenvalue weighted by molar-refractivity contribution is 0.102. The third kappa shape index (κ3) is 3.82. The second-order valence-electron chi connectivity index (χ2n) is 6.46. The molecule has 5 nitrogen and oxygen atoms in total. The number of ether oxygens (including phenoxy) is 1. The number of aromatic nitrogens is 1. The van der Waals surface area contributed by atoms with Crippen molar-refractivity contribution in [3.05, 3.63) is 58.0 Å². The first-order valence-corrected chi connectivity index (χ1v) is 7.81. The third-order valence-corrected chi connectivity index (χ3v) is 4.16. The summed E-state index contributed by atoms with van der Waals surface area (Å²) in [5, 5.41) is 2.66. The molecule has 1 saturated carbocycles. The smallest absolute Gasteiger partial charge is 0.259 e. The second kappa shape index (κ2) is 6.47. The lowest BCUT2D eigenvalue weighted by atomic mass is 10.1. The van der Waals surface area contributed by atoms with Crippen molar-refractivity contribution in [2.75, 3.05) is 11.9 Å². The lowest BCUT2D eigenvalue weighted by Crippen LogP contribution is -2.17. The number of amides is 1. The van der Waals surface area contributed by atoms with Gasteiger partial charge >= 0.3 is 0 Å². The summed E-state index contributed by atoms with van der Waals surface area (Å²) in [6.45, 7) is 1.99. The number of rotatable bonds is 6. The number of benzene rings is 1. The highest BCUT2D eigenvalue weighted by Crippen LogP contribution is 2.45. The fourth-order valence-corrected chi connectivity index (χ4v) is 2.29. The van der Waals surface area contributed by atoms with Crippen LogP contribution in [0.4, 0.5) is 10.1 Å². The molecule has 1 aliphatic rings. The largest absolute Gasteiger partial charge is 0.492 e. The average molecular weight is 330 g/mol. The minimum absolute atomic E-state index is 0.145. The summed E-state index contributed by atoms with van der Waals surface area (Å²) < 4.78 is 18.7. The van der Waals surface area contributed by atoms with Gasteiger partial charge in [-0.2, -0.15) is 0 Å². The molecule has 0 radical (unpaired) electrons. The van der Waals surface area contributed by atoms with Crippen molar-refractivity contribution >= 4 is 11.6 Å². The Kier molecular flexibility index (Phi) is 4.38.